The molecule has 0 saturated heterocycles. The number of ether oxygens (including phenoxy) is 1. The molecule has 0 atom stereocenters. The maximum atomic E-state index is 12.9. The lowest BCUT2D eigenvalue weighted by Crippen LogP contribution is -2.31. The summed E-state index contributed by atoms with van der Waals surface area (Å²) in [5.74, 6) is 1.08. The van der Waals surface area contributed by atoms with Crippen LogP contribution in [0, 0.1) is 6.92 Å². The molecule has 2 heterocycles. The Labute approximate surface area is 141 Å². The first-order valence-corrected chi connectivity index (χ1v) is 8.26. The first kappa shape index (κ1) is 15.0. The van der Waals surface area contributed by atoms with Crippen LogP contribution in [0.4, 0.5) is 0 Å². The summed E-state index contributed by atoms with van der Waals surface area (Å²) in [6.07, 6.45) is 0. The van der Waals surface area contributed by atoms with Crippen LogP contribution in [-0.2, 0) is 6.54 Å². The number of benzene rings is 2. The highest BCUT2D eigenvalue weighted by atomic mass is 16.5. The Hall–Kier alpha value is -2.59. The molecule has 0 radical (unpaired) electrons. The van der Waals surface area contributed by atoms with Gasteiger partial charge in [-0.2, -0.15) is 0 Å². The molecule has 122 valence electrons. The third-order valence-electron chi connectivity index (χ3n) is 4.57. The summed E-state index contributed by atoms with van der Waals surface area (Å²) < 4.78 is 5.79. The molecule has 0 bridgehead atoms. The fourth-order valence-electron chi connectivity index (χ4n) is 3.43. The molecule has 0 fully saturated rings. The van der Waals surface area contributed by atoms with Crippen LogP contribution in [0.2, 0.25) is 0 Å². The number of ketones is 1. The van der Waals surface area contributed by atoms with Crippen LogP contribution in [0.5, 0.6) is 5.75 Å². The van der Waals surface area contributed by atoms with E-state index in [9.17, 15) is 4.79 Å². The molecule has 0 aliphatic carbocycles. The van der Waals surface area contributed by atoms with Crippen LogP contribution in [0.1, 0.15) is 21.6 Å². The number of aryl methyl sites for hydroxylation is 1. The number of H-pyrrole nitrogens is 1. The smallest absolute Gasteiger partial charge is 0.179 e. The molecule has 4 heteroatoms. The van der Waals surface area contributed by atoms with E-state index in [0.717, 1.165) is 46.6 Å². The van der Waals surface area contributed by atoms with Gasteiger partial charge in [0.15, 0.2) is 5.78 Å². The van der Waals surface area contributed by atoms with Crippen molar-refractivity contribution in [1.82, 2.24) is 9.88 Å². The summed E-state index contributed by atoms with van der Waals surface area (Å²) in [6.45, 7) is 4.47. The average molecular weight is 320 g/mol. The van der Waals surface area contributed by atoms with E-state index < -0.39 is 0 Å². The Morgan fingerprint density at radius 2 is 1.96 bits per heavy atom. The number of carbonyl (C=O) groups excluding carboxylic acids is 1. The van der Waals surface area contributed by atoms with Crippen molar-refractivity contribution in [3.63, 3.8) is 0 Å². The number of rotatable bonds is 3. The Morgan fingerprint density at radius 3 is 2.88 bits per heavy atom. The molecule has 0 saturated carbocycles. The van der Waals surface area contributed by atoms with Gasteiger partial charge in [0.25, 0.3) is 0 Å². The van der Waals surface area contributed by atoms with E-state index >= 15 is 0 Å². The molecule has 1 aliphatic heterocycles. The van der Waals surface area contributed by atoms with Crippen LogP contribution in [0.15, 0.2) is 48.5 Å². The summed E-state index contributed by atoms with van der Waals surface area (Å²) in [6, 6.07) is 16.0. The quantitative estimate of drug-likeness (QED) is 0.751. The molecule has 0 spiro atoms. The number of aromatic nitrogens is 1. The largest absolute Gasteiger partial charge is 0.492 e. The van der Waals surface area contributed by atoms with Crippen molar-refractivity contribution in [2.75, 3.05) is 19.7 Å². The fraction of sp³-hybridized carbons (Fsp3) is 0.250. The minimum absolute atomic E-state index is 0.157. The zero-order chi connectivity index (χ0) is 16.5. The number of fused-ring (bicyclic) bond motifs is 2. The number of para-hydroxylation sites is 2. The lowest BCUT2D eigenvalue weighted by Gasteiger charge is -2.18. The van der Waals surface area contributed by atoms with Crippen molar-refractivity contribution < 1.29 is 9.53 Å². The van der Waals surface area contributed by atoms with E-state index in [1.165, 1.54) is 0 Å². The molecule has 0 unspecified atom stereocenters. The van der Waals surface area contributed by atoms with Crippen LogP contribution in [0.25, 0.3) is 10.9 Å². The summed E-state index contributed by atoms with van der Waals surface area (Å²) in [5.41, 5.74) is 3.90. The number of carbonyl (C=O) groups is 1. The van der Waals surface area contributed by atoms with E-state index in [2.05, 4.69) is 16.0 Å². The molecule has 1 N–H and O–H groups in total. The molecule has 1 aromatic heterocycles. The third-order valence-corrected chi connectivity index (χ3v) is 4.57. The molecule has 24 heavy (non-hydrogen) atoms. The summed E-state index contributed by atoms with van der Waals surface area (Å²) in [5, 5.41) is 1.01. The van der Waals surface area contributed by atoms with Crippen molar-refractivity contribution in [3.05, 3.63) is 65.4 Å². The molecule has 4 nitrogen and oxygen atoms in total. The van der Waals surface area contributed by atoms with Gasteiger partial charge in [0, 0.05) is 40.8 Å². The van der Waals surface area contributed by atoms with Gasteiger partial charge in [-0.15, -0.1) is 0 Å². The number of hydrogen-bond acceptors (Lipinski definition) is 3. The van der Waals surface area contributed by atoms with E-state index in [1.54, 1.807) is 0 Å². The topological polar surface area (TPSA) is 45.3 Å². The molecule has 4 rings (SSSR count). The Bertz CT molecular complexity index is 898. The van der Waals surface area contributed by atoms with E-state index in [1.807, 2.05) is 49.4 Å². The summed E-state index contributed by atoms with van der Waals surface area (Å²) in [4.78, 5) is 18.4. The number of nitrogens with zero attached hydrogens (tertiary/aromatic N) is 1. The van der Waals surface area contributed by atoms with Crippen LogP contribution in [0.3, 0.4) is 0 Å². The van der Waals surface area contributed by atoms with Crippen LogP contribution in [-0.4, -0.2) is 35.4 Å². The van der Waals surface area contributed by atoms with Gasteiger partial charge in [-0.05, 0) is 19.1 Å². The Morgan fingerprint density at radius 1 is 1.17 bits per heavy atom. The highest BCUT2D eigenvalue weighted by molar-refractivity contribution is 6.10. The minimum Gasteiger partial charge on any atom is -0.492 e. The lowest BCUT2D eigenvalue weighted by molar-refractivity contribution is 0.0922. The van der Waals surface area contributed by atoms with Crippen molar-refractivity contribution in [3.8, 4) is 5.75 Å². The molecule has 0 amide bonds. The van der Waals surface area contributed by atoms with Crippen molar-refractivity contribution in [2.45, 2.75) is 13.5 Å². The van der Waals surface area contributed by atoms with Gasteiger partial charge in [-0.1, -0.05) is 36.4 Å². The molecule has 2 aromatic carbocycles. The second-order valence-corrected chi connectivity index (χ2v) is 6.26. The van der Waals surface area contributed by atoms with Gasteiger partial charge < -0.3 is 9.72 Å². The Balaban J connectivity index is 1.59. The Kier molecular flexibility index (Phi) is 3.82. The first-order chi connectivity index (χ1) is 11.7. The SMILES string of the molecule is Cc1[nH]c2ccccc2c1C(=O)CN1CCOc2ccccc2C1. The van der Waals surface area contributed by atoms with E-state index in [-0.39, 0.29) is 5.78 Å². The summed E-state index contributed by atoms with van der Waals surface area (Å²) in [7, 11) is 0. The average Bonchev–Trinajstić information content (AvgIpc) is 2.78. The van der Waals surface area contributed by atoms with Crippen LogP contribution >= 0.6 is 0 Å². The zero-order valence-electron chi connectivity index (χ0n) is 13.7. The van der Waals surface area contributed by atoms with Gasteiger partial charge in [0.05, 0.1) is 6.54 Å². The molecule has 1 aliphatic rings. The minimum atomic E-state index is 0.157. The normalized spacial score (nSPS) is 14.9. The van der Waals surface area contributed by atoms with Gasteiger partial charge in [-0.25, -0.2) is 0 Å². The number of nitrogens with one attached hydrogen (secondary N) is 1. The predicted molar refractivity (Wildman–Crippen MR) is 94.6 cm³/mol. The number of Topliss-reactive ketones (excluding diaryl/α,β-unsaturated/α-hetero) is 1. The third kappa shape index (κ3) is 2.69. The highest BCUT2D eigenvalue weighted by Crippen LogP contribution is 2.25. The maximum absolute atomic E-state index is 12.9. The zero-order valence-corrected chi connectivity index (χ0v) is 13.7. The van der Waals surface area contributed by atoms with E-state index in [0.29, 0.717) is 13.2 Å². The van der Waals surface area contributed by atoms with Gasteiger partial charge in [0.1, 0.15) is 12.4 Å². The first-order valence-electron chi connectivity index (χ1n) is 8.26. The second-order valence-electron chi connectivity index (χ2n) is 6.26. The van der Waals surface area contributed by atoms with Gasteiger partial charge in [-0.3, -0.25) is 9.69 Å². The van der Waals surface area contributed by atoms with Crippen molar-refractivity contribution >= 4 is 16.7 Å². The predicted octanol–water partition coefficient (Wildman–Crippen LogP) is 3.55. The highest BCUT2D eigenvalue weighted by Gasteiger charge is 2.21. The van der Waals surface area contributed by atoms with Gasteiger partial charge >= 0.3 is 0 Å². The van der Waals surface area contributed by atoms with Crippen LogP contribution < -0.4 is 4.74 Å². The fourth-order valence-corrected chi connectivity index (χ4v) is 3.43. The number of hydrogen-bond donors (Lipinski definition) is 1. The lowest BCUT2D eigenvalue weighted by atomic mass is 10.1. The van der Waals surface area contributed by atoms with Crippen molar-refractivity contribution in [1.29, 1.82) is 0 Å². The van der Waals surface area contributed by atoms with Crippen molar-refractivity contribution in [2.24, 2.45) is 0 Å². The van der Waals surface area contributed by atoms with E-state index in [4.69, 9.17) is 4.74 Å². The molecule has 3 aromatic rings. The molecular formula is C20H20N2O2. The maximum Gasteiger partial charge on any atom is 0.179 e. The molecular weight excluding hydrogens is 300 g/mol. The number of aromatic amines is 1. The second kappa shape index (κ2) is 6.13. The monoisotopic (exact) mass is 320 g/mol. The standard InChI is InChI=1S/C20H20N2O2/c1-14-20(16-7-3-4-8-17(16)21-14)18(23)13-22-10-11-24-19-9-5-2-6-15(19)12-22/h2-9,21H,10-13H2,1H3. The van der Waals surface area contributed by atoms with Gasteiger partial charge in [0.2, 0.25) is 0 Å². The summed E-state index contributed by atoms with van der Waals surface area (Å²) >= 11 is 0.